The Balaban J connectivity index is 1.47. The van der Waals surface area contributed by atoms with Crippen LogP contribution in [0.3, 0.4) is 0 Å². The van der Waals surface area contributed by atoms with Crippen molar-refractivity contribution in [2.75, 3.05) is 13.1 Å². The van der Waals surface area contributed by atoms with Gasteiger partial charge in [-0.25, -0.2) is 0 Å². The average molecular weight is 339 g/mol. The third-order valence-corrected chi connectivity index (χ3v) is 5.57. The van der Waals surface area contributed by atoms with Crippen molar-refractivity contribution in [2.24, 2.45) is 5.92 Å². The summed E-state index contributed by atoms with van der Waals surface area (Å²) >= 11 is 0. The van der Waals surface area contributed by atoms with Gasteiger partial charge in [-0.2, -0.15) is 4.68 Å². The minimum Gasteiger partial charge on any atom is -0.342 e. The number of para-hydroxylation sites is 1. The Labute approximate surface area is 148 Å². The van der Waals surface area contributed by atoms with Gasteiger partial charge in [0.15, 0.2) is 5.82 Å². The number of carbonyl (C=O) groups excluding carboxylic acids is 1. The van der Waals surface area contributed by atoms with Gasteiger partial charge < -0.3 is 4.90 Å². The fourth-order valence-electron chi connectivity index (χ4n) is 4.21. The Morgan fingerprint density at radius 2 is 1.88 bits per heavy atom. The monoisotopic (exact) mass is 339 g/mol. The summed E-state index contributed by atoms with van der Waals surface area (Å²) in [4.78, 5) is 14.7. The van der Waals surface area contributed by atoms with Crippen molar-refractivity contribution in [2.45, 2.75) is 50.9 Å². The predicted octanol–water partition coefficient (Wildman–Crippen LogP) is 2.95. The van der Waals surface area contributed by atoms with Gasteiger partial charge in [-0.3, -0.25) is 4.79 Å². The Hall–Kier alpha value is -2.24. The van der Waals surface area contributed by atoms with Crippen LogP contribution in [0.15, 0.2) is 30.3 Å². The van der Waals surface area contributed by atoms with Crippen LogP contribution in [0.5, 0.6) is 0 Å². The molecule has 6 heteroatoms. The molecule has 2 aliphatic rings. The van der Waals surface area contributed by atoms with Crippen LogP contribution in [0.25, 0.3) is 5.69 Å². The molecule has 2 fully saturated rings. The normalized spacial score (nSPS) is 21.6. The molecular formula is C19H25N5O. The van der Waals surface area contributed by atoms with E-state index in [1.165, 1.54) is 25.7 Å². The minimum atomic E-state index is 0.205. The van der Waals surface area contributed by atoms with Gasteiger partial charge in [0.05, 0.1) is 5.69 Å². The highest BCUT2D eigenvalue weighted by Crippen LogP contribution is 2.30. The minimum absolute atomic E-state index is 0.205. The molecule has 132 valence electrons. The number of amides is 1. The summed E-state index contributed by atoms with van der Waals surface area (Å²) in [5, 5.41) is 12.3. The lowest BCUT2D eigenvalue weighted by molar-refractivity contribution is -0.133. The highest BCUT2D eigenvalue weighted by Gasteiger charge is 2.30. The zero-order valence-electron chi connectivity index (χ0n) is 14.5. The Bertz CT molecular complexity index is 708. The summed E-state index contributed by atoms with van der Waals surface area (Å²) in [5.74, 6) is 1.99. The van der Waals surface area contributed by atoms with Gasteiger partial charge >= 0.3 is 0 Å². The van der Waals surface area contributed by atoms with E-state index < -0.39 is 0 Å². The molecule has 0 N–H and O–H groups in total. The van der Waals surface area contributed by atoms with E-state index in [0.717, 1.165) is 43.9 Å². The quantitative estimate of drug-likeness (QED) is 0.859. The van der Waals surface area contributed by atoms with E-state index in [4.69, 9.17) is 0 Å². The van der Waals surface area contributed by atoms with E-state index in [2.05, 4.69) is 15.5 Å². The SMILES string of the molecule is O=C(CC1CCCC1)N1CCCC(c2nnnn2-c2ccccc2)C1. The molecule has 1 aliphatic carbocycles. The summed E-state index contributed by atoms with van der Waals surface area (Å²) in [6.45, 7) is 1.60. The first-order valence-electron chi connectivity index (χ1n) is 9.43. The molecular weight excluding hydrogens is 314 g/mol. The molecule has 2 aromatic rings. The van der Waals surface area contributed by atoms with E-state index in [-0.39, 0.29) is 5.92 Å². The number of hydrogen-bond donors (Lipinski definition) is 0. The van der Waals surface area contributed by atoms with Crippen molar-refractivity contribution in [1.29, 1.82) is 0 Å². The van der Waals surface area contributed by atoms with Crippen LogP contribution >= 0.6 is 0 Å². The third kappa shape index (κ3) is 3.57. The molecule has 1 unspecified atom stereocenters. The van der Waals surface area contributed by atoms with Gasteiger partial charge in [-0.1, -0.05) is 31.0 Å². The second kappa shape index (κ2) is 7.33. The highest BCUT2D eigenvalue weighted by atomic mass is 16.2. The Morgan fingerprint density at radius 1 is 1.08 bits per heavy atom. The van der Waals surface area contributed by atoms with Crippen molar-refractivity contribution in [3.8, 4) is 5.69 Å². The van der Waals surface area contributed by atoms with E-state index in [9.17, 15) is 4.79 Å². The summed E-state index contributed by atoms with van der Waals surface area (Å²) in [7, 11) is 0. The molecule has 1 atom stereocenters. The van der Waals surface area contributed by atoms with E-state index >= 15 is 0 Å². The average Bonchev–Trinajstić information content (AvgIpc) is 3.34. The maximum atomic E-state index is 12.7. The largest absolute Gasteiger partial charge is 0.342 e. The highest BCUT2D eigenvalue weighted by molar-refractivity contribution is 5.76. The number of carbonyl (C=O) groups is 1. The molecule has 0 spiro atoms. The molecule has 25 heavy (non-hydrogen) atoms. The van der Waals surface area contributed by atoms with E-state index in [1.54, 1.807) is 0 Å². The third-order valence-electron chi connectivity index (χ3n) is 5.57. The topological polar surface area (TPSA) is 63.9 Å². The van der Waals surface area contributed by atoms with Gasteiger partial charge in [0.25, 0.3) is 0 Å². The molecule has 0 bridgehead atoms. The summed E-state index contributed by atoms with van der Waals surface area (Å²) in [5.41, 5.74) is 0.969. The molecule has 1 aromatic carbocycles. The first kappa shape index (κ1) is 16.2. The van der Waals surface area contributed by atoms with Crippen molar-refractivity contribution >= 4 is 5.91 Å². The second-order valence-electron chi connectivity index (χ2n) is 7.32. The molecule has 1 saturated heterocycles. The zero-order chi connectivity index (χ0) is 17.1. The number of benzene rings is 1. The molecule has 1 aliphatic heterocycles. The van der Waals surface area contributed by atoms with Crippen LogP contribution in [0.4, 0.5) is 0 Å². The maximum Gasteiger partial charge on any atom is 0.222 e. The van der Waals surface area contributed by atoms with Gasteiger partial charge in [-0.15, -0.1) is 5.10 Å². The summed E-state index contributed by atoms with van der Waals surface area (Å²) in [6.07, 6.45) is 7.77. The lowest BCUT2D eigenvalue weighted by Gasteiger charge is -2.32. The van der Waals surface area contributed by atoms with Crippen LogP contribution in [0, 0.1) is 5.92 Å². The maximum absolute atomic E-state index is 12.7. The predicted molar refractivity (Wildman–Crippen MR) is 94.3 cm³/mol. The second-order valence-corrected chi connectivity index (χ2v) is 7.32. The first-order chi connectivity index (χ1) is 12.3. The molecule has 6 nitrogen and oxygen atoms in total. The van der Waals surface area contributed by atoms with Crippen molar-refractivity contribution in [3.05, 3.63) is 36.2 Å². The van der Waals surface area contributed by atoms with Crippen molar-refractivity contribution < 1.29 is 4.79 Å². The zero-order valence-corrected chi connectivity index (χ0v) is 14.5. The summed E-state index contributed by atoms with van der Waals surface area (Å²) < 4.78 is 1.82. The number of hydrogen-bond acceptors (Lipinski definition) is 4. The van der Waals surface area contributed by atoms with Gasteiger partial charge in [0.2, 0.25) is 5.91 Å². The van der Waals surface area contributed by atoms with Crippen LogP contribution in [-0.2, 0) is 4.79 Å². The number of rotatable bonds is 4. The molecule has 1 saturated carbocycles. The Morgan fingerprint density at radius 3 is 2.68 bits per heavy atom. The van der Waals surface area contributed by atoms with Crippen LogP contribution in [0.2, 0.25) is 0 Å². The Kier molecular flexibility index (Phi) is 4.76. The molecule has 4 rings (SSSR count). The van der Waals surface area contributed by atoms with Crippen LogP contribution in [-0.4, -0.2) is 44.1 Å². The van der Waals surface area contributed by atoms with Gasteiger partial charge in [0, 0.05) is 25.4 Å². The van der Waals surface area contributed by atoms with Crippen molar-refractivity contribution in [1.82, 2.24) is 25.1 Å². The van der Waals surface area contributed by atoms with Gasteiger partial charge in [0.1, 0.15) is 0 Å². The molecule has 0 radical (unpaired) electrons. The fourth-order valence-corrected chi connectivity index (χ4v) is 4.21. The number of piperidine rings is 1. The smallest absolute Gasteiger partial charge is 0.222 e. The van der Waals surface area contributed by atoms with E-state index in [1.807, 2.05) is 39.9 Å². The summed E-state index contributed by atoms with van der Waals surface area (Å²) in [6, 6.07) is 9.97. The fraction of sp³-hybridized carbons (Fsp3) is 0.579. The van der Waals surface area contributed by atoms with Crippen LogP contribution < -0.4 is 0 Å². The molecule has 2 heterocycles. The molecule has 1 amide bonds. The number of aromatic nitrogens is 4. The standard InChI is InChI=1S/C19H25N5O/c25-18(13-15-7-4-5-8-15)23-12-6-9-16(14-23)19-20-21-22-24(19)17-10-2-1-3-11-17/h1-3,10-11,15-16H,4-9,12-14H2. The number of nitrogens with zero attached hydrogens (tertiary/aromatic N) is 5. The lowest BCUT2D eigenvalue weighted by atomic mass is 9.95. The molecule has 1 aromatic heterocycles. The number of tetrazole rings is 1. The van der Waals surface area contributed by atoms with Crippen molar-refractivity contribution in [3.63, 3.8) is 0 Å². The van der Waals surface area contributed by atoms with Crippen LogP contribution in [0.1, 0.15) is 56.7 Å². The number of likely N-dealkylation sites (tertiary alicyclic amines) is 1. The lowest BCUT2D eigenvalue weighted by Crippen LogP contribution is -2.40. The van der Waals surface area contributed by atoms with E-state index in [0.29, 0.717) is 11.8 Å². The van der Waals surface area contributed by atoms with Gasteiger partial charge in [-0.05, 0) is 54.2 Å². The first-order valence-corrected chi connectivity index (χ1v) is 9.43.